The second-order valence-electron chi connectivity index (χ2n) is 7.59. The highest BCUT2D eigenvalue weighted by molar-refractivity contribution is 7.09. The molecule has 0 aliphatic carbocycles. The van der Waals surface area contributed by atoms with E-state index in [0.29, 0.717) is 5.92 Å². The van der Waals surface area contributed by atoms with Crippen molar-refractivity contribution in [1.82, 2.24) is 14.8 Å². The molecule has 2 heterocycles. The van der Waals surface area contributed by atoms with Crippen molar-refractivity contribution in [1.29, 1.82) is 0 Å². The van der Waals surface area contributed by atoms with Crippen LogP contribution in [0.4, 0.5) is 0 Å². The molecular formula is C21H31N3OS. The molecule has 3 rings (SSSR count). The van der Waals surface area contributed by atoms with Gasteiger partial charge in [0.15, 0.2) is 0 Å². The fourth-order valence-electron chi connectivity index (χ4n) is 3.60. The van der Waals surface area contributed by atoms with Gasteiger partial charge in [0.2, 0.25) is 0 Å². The maximum atomic E-state index is 5.58. The lowest BCUT2D eigenvalue weighted by Crippen LogP contribution is -2.45. The number of benzene rings is 1. The van der Waals surface area contributed by atoms with E-state index in [0.717, 1.165) is 50.0 Å². The van der Waals surface area contributed by atoms with Gasteiger partial charge in [-0.3, -0.25) is 9.80 Å². The minimum Gasteiger partial charge on any atom is -0.496 e. The van der Waals surface area contributed by atoms with Gasteiger partial charge in [-0.15, -0.1) is 11.3 Å². The maximum absolute atomic E-state index is 5.58. The quantitative estimate of drug-likeness (QED) is 0.758. The molecule has 1 fully saturated rings. The van der Waals surface area contributed by atoms with Gasteiger partial charge >= 0.3 is 0 Å². The van der Waals surface area contributed by atoms with Crippen LogP contribution in [0, 0.1) is 13.8 Å². The molecule has 0 unspecified atom stereocenters. The third kappa shape index (κ3) is 4.64. The molecule has 1 aromatic heterocycles. The summed E-state index contributed by atoms with van der Waals surface area (Å²) >= 11 is 1.75. The normalized spacial score (nSPS) is 16.4. The number of hydrogen-bond acceptors (Lipinski definition) is 5. The van der Waals surface area contributed by atoms with Crippen molar-refractivity contribution in [2.24, 2.45) is 0 Å². The Morgan fingerprint density at radius 3 is 2.27 bits per heavy atom. The van der Waals surface area contributed by atoms with Crippen molar-refractivity contribution < 1.29 is 4.74 Å². The molecule has 2 aromatic rings. The Kier molecular flexibility index (Phi) is 6.33. The lowest BCUT2D eigenvalue weighted by Gasteiger charge is -2.34. The molecule has 1 saturated heterocycles. The Morgan fingerprint density at radius 1 is 1.08 bits per heavy atom. The van der Waals surface area contributed by atoms with Gasteiger partial charge in [-0.25, -0.2) is 4.98 Å². The molecule has 0 bridgehead atoms. The molecule has 142 valence electrons. The van der Waals surface area contributed by atoms with Gasteiger partial charge in [0.25, 0.3) is 0 Å². The summed E-state index contributed by atoms with van der Waals surface area (Å²) in [7, 11) is 1.77. The fourth-order valence-corrected chi connectivity index (χ4v) is 4.20. The van der Waals surface area contributed by atoms with Crippen molar-refractivity contribution in [3.05, 3.63) is 44.9 Å². The van der Waals surface area contributed by atoms with E-state index in [1.165, 1.54) is 22.4 Å². The zero-order valence-corrected chi connectivity index (χ0v) is 17.5. The Balaban J connectivity index is 1.59. The number of ether oxygens (including phenoxy) is 1. The van der Waals surface area contributed by atoms with Gasteiger partial charge in [0.1, 0.15) is 5.75 Å². The molecule has 0 spiro atoms. The predicted octanol–water partition coefficient (Wildman–Crippen LogP) is 4.21. The summed E-state index contributed by atoms with van der Waals surface area (Å²) in [5.41, 5.74) is 5.28. The minimum atomic E-state index is 0.475. The van der Waals surface area contributed by atoms with Crippen LogP contribution in [0.1, 0.15) is 47.2 Å². The maximum Gasteiger partial charge on any atom is 0.122 e. The van der Waals surface area contributed by atoms with Crippen LogP contribution in [0.25, 0.3) is 0 Å². The number of nitrogens with zero attached hydrogens (tertiary/aromatic N) is 3. The number of aryl methyl sites for hydroxylation is 2. The summed E-state index contributed by atoms with van der Waals surface area (Å²) in [6.45, 7) is 15.2. The highest BCUT2D eigenvalue weighted by Gasteiger charge is 2.19. The van der Waals surface area contributed by atoms with Crippen molar-refractivity contribution >= 4 is 11.3 Å². The molecule has 0 radical (unpaired) electrons. The molecule has 0 amide bonds. The fraction of sp³-hybridized carbons (Fsp3) is 0.571. The topological polar surface area (TPSA) is 28.6 Å². The molecule has 1 aliphatic rings. The molecule has 0 atom stereocenters. The number of aromatic nitrogens is 1. The summed E-state index contributed by atoms with van der Waals surface area (Å²) in [5, 5.41) is 3.35. The van der Waals surface area contributed by atoms with Gasteiger partial charge in [-0.1, -0.05) is 19.9 Å². The summed E-state index contributed by atoms with van der Waals surface area (Å²) in [6, 6.07) is 4.55. The van der Waals surface area contributed by atoms with E-state index in [4.69, 9.17) is 4.74 Å². The largest absolute Gasteiger partial charge is 0.496 e. The average Bonchev–Trinajstić information content (AvgIpc) is 3.02. The average molecular weight is 374 g/mol. The Labute approximate surface area is 161 Å². The summed E-state index contributed by atoms with van der Waals surface area (Å²) in [6.07, 6.45) is 0. The highest BCUT2D eigenvalue weighted by Crippen LogP contribution is 2.30. The van der Waals surface area contributed by atoms with Gasteiger partial charge in [-0.05, 0) is 42.5 Å². The van der Waals surface area contributed by atoms with Gasteiger partial charge in [0, 0.05) is 44.6 Å². The van der Waals surface area contributed by atoms with E-state index in [1.54, 1.807) is 18.4 Å². The zero-order chi connectivity index (χ0) is 18.7. The zero-order valence-electron chi connectivity index (χ0n) is 16.7. The van der Waals surface area contributed by atoms with Crippen LogP contribution in [0.5, 0.6) is 5.75 Å². The Bertz CT molecular complexity index is 733. The third-order valence-corrected chi connectivity index (χ3v) is 6.04. The van der Waals surface area contributed by atoms with Crippen LogP contribution >= 0.6 is 11.3 Å². The van der Waals surface area contributed by atoms with Gasteiger partial charge in [0.05, 0.1) is 17.8 Å². The van der Waals surface area contributed by atoms with E-state index in [-0.39, 0.29) is 0 Å². The first-order chi connectivity index (χ1) is 12.5. The van der Waals surface area contributed by atoms with Crippen LogP contribution < -0.4 is 4.74 Å². The van der Waals surface area contributed by atoms with Crippen LogP contribution in [-0.4, -0.2) is 48.1 Å². The highest BCUT2D eigenvalue weighted by atomic mass is 32.1. The van der Waals surface area contributed by atoms with Gasteiger partial charge < -0.3 is 4.74 Å². The SMILES string of the molecule is COc1cc(C)c(CN2CCN(Cc3csc(C)n3)CC2)cc1C(C)C. The lowest BCUT2D eigenvalue weighted by molar-refractivity contribution is 0.121. The molecular weight excluding hydrogens is 342 g/mol. The molecule has 0 N–H and O–H groups in total. The van der Waals surface area contributed by atoms with Crippen LogP contribution in [-0.2, 0) is 13.1 Å². The van der Waals surface area contributed by atoms with E-state index in [9.17, 15) is 0 Å². The number of piperazine rings is 1. The lowest BCUT2D eigenvalue weighted by atomic mass is 9.96. The predicted molar refractivity (Wildman–Crippen MR) is 109 cm³/mol. The summed E-state index contributed by atoms with van der Waals surface area (Å²) in [5.74, 6) is 1.49. The van der Waals surface area contributed by atoms with Crippen molar-refractivity contribution in [3.63, 3.8) is 0 Å². The van der Waals surface area contributed by atoms with E-state index in [2.05, 4.69) is 60.0 Å². The Morgan fingerprint density at radius 2 is 1.73 bits per heavy atom. The molecule has 4 nitrogen and oxygen atoms in total. The minimum absolute atomic E-state index is 0.475. The molecule has 0 saturated carbocycles. The van der Waals surface area contributed by atoms with Crippen LogP contribution in [0.3, 0.4) is 0 Å². The van der Waals surface area contributed by atoms with Crippen molar-refractivity contribution in [2.75, 3.05) is 33.3 Å². The van der Waals surface area contributed by atoms with Crippen molar-refractivity contribution in [3.8, 4) is 5.75 Å². The standard InChI is InChI=1S/C21H31N3OS/c1-15(2)20-11-18(16(3)10-21(20)25-5)12-23-6-8-24(9-7-23)13-19-14-26-17(4)22-19/h10-11,14-15H,6-9,12-13H2,1-5H3. The first-order valence-electron chi connectivity index (χ1n) is 9.49. The monoisotopic (exact) mass is 373 g/mol. The first kappa shape index (κ1) is 19.3. The molecule has 1 aliphatic heterocycles. The number of hydrogen-bond donors (Lipinski definition) is 0. The number of thiazole rings is 1. The third-order valence-electron chi connectivity index (χ3n) is 5.22. The smallest absolute Gasteiger partial charge is 0.122 e. The van der Waals surface area contributed by atoms with E-state index >= 15 is 0 Å². The van der Waals surface area contributed by atoms with Crippen LogP contribution in [0.2, 0.25) is 0 Å². The van der Waals surface area contributed by atoms with E-state index in [1.807, 2.05) is 0 Å². The Hall–Kier alpha value is -1.43. The molecule has 5 heteroatoms. The summed E-state index contributed by atoms with van der Waals surface area (Å²) < 4.78 is 5.58. The van der Waals surface area contributed by atoms with Crippen LogP contribution in [0.15, 0.2) is 17.5 Å². The second-order valence-corrected chi connectivity index (χ2v) is 8.65. The number of rotatable bonds is 6. The van der Waals surface area contributed by atoms with Crippen molar-refractivity contribution in [2.45, 2.75) is 46.7 Å². The molecule has 1 aromatic carbocycles. The second kappa shape index (κ2) is 8.51. The number of methoxy groups -OCH3 is 1. The first-order valence-corrected chi connectivity index (χ1v) is 10.4. The van der Waals surface area contributed by atoms with Gasteiger partial charge in [-0.2, -0.15) is 0 Å². The van der Waals surface area contributed by atoms with E-state index < -0.39 is 0 Å². The molecule has 26 heavy (non-hydrogen) atoms. The summed E-state index contributed by atoms with van der Waals surface area (Å²) in [4.78, 5) is 9.69.